The molecule has 17 heavy (non-hydrogen) atoms. The van der Waals surface area contributed by atoms with E-state index in [1.54, 1.807) is 12.5 Å². The highest BCUT2D eigenvalue weighted by molar-refractivity contribution is 6.31. The van der Waals surface area contributed by atoms with Crippen LogP contribution in [0.2, 0.25) is 5.02 Å². The average Bonchev–Trinajstić information content (AvgIpc) is 2.80. The van der Waals surface area contributed by atoms with Crippen LogP contribution in [-0.4, -0.2) is 15.6 Å². The fourth-order valence-corrected chi connectivity index (χ4v) is 1.91. The van der Waals surface area contributed by atoms with Crippen molar-refractivity contribution in [2.45, 2.75) is 26.4 Å². The Morgan fingerprint density at radius 1 is 1.41 bits per heavy atom. The highest BCUT2D eigenvalue weighted by atomic mass is 35.5. The van der Waals surface area contributed by atoms with Gasteiger partial charge in [-0.25, -0.2) is 4.98 Å². The summed E-state index contributed by atoms with van der Waals surface area (Å²) in [5, 5.41) is 4.17. The van der Waals surface area contributed by atoms with Gasteiger partial charge in [-0.1, -0.05) is 31.5 Å². The number of imidazole rings is 1. The maximum atomic E-state index is 6.26. The third kappa shape index (κ3) is 2.87. The summed E-state index contributed by atoms with van der Waals surface area (Å²) in [5.74, 6) is 0. The molecular formula is C13H16ClN3. The first-order valence-corrected chi connectivity index (χ1v) is 6.05. The normalized spacial score (nSPS) is 11.1. The van der Waals surface area contributed by atoms with Crippen LogP contribution in [0, 0.1) is 0 Å². The number of halogens is 1. The summed E-state index contributed by atoms with van der Waals surface area (Å²) in [5.41, 5.74) is 2.17. The summed E-state index contributed by atoms with van der Waals surface area (Å²) in [6, 6.07) is 6.35. The number of hydrogen-bond acceptors (Lipinski definition) is 2. The third-order valence-electron chi connectivity index (χ3n) is 2.56. The molecule has 0 bridgehead atoms. The lowest BCUT2D eigenvalue weighted by Crippen LogP contribution is -2.22. The van der Waals surface area contributed by atoms with Crippen LogP contribution in [0.1, 0.15) is 19.4 Å². The molecule has 1 aromatic heterocycles. The van der Waals surface area contributed by atoms with Gasteiger partial charge in [0.25, 0.3) is 0 Å². The lowest BCUT2D eigenvalue weighted by atomic mass is 10.1. The van der Waals surface area contributed by atoms with Gasteiger partial charge in [-0.3, -0.25) is 0 Å². The van der Waals surface area contributed by atoms with E-state index in [0.29, 0.717) is 6.04 Å². The van der Waals surface area contributed by atoms with Crippen LogP contribution < -0.4 is 5.32 Å². The minimum Gasteiger partial charge on any atom is -0.310 e. The summed E-state index contributed by atoms with van der Waals surface area (Å²) in [7, 11) is 0. The lowest BCUT2D eigenvalue weighted by Gasteiger charge is -2.14. The van der Waals surface area contributed by atoms with Gasteiger partial charge in [0.15, 0.2) is 0 Å². The molecule has 0 atom stereocenters. The number of benzene rings is 1. The first-order valence-electron chi connectivity index (χ1n) is 5.67. The fourth-order valence-electron chi connectivity index (χ4n) is 1.67. The zero-order valence-corrected chi connectivity index (χ0v) is 10.8. The molecule has 4 heteroatoms. The molecule has 0 saturated heterocycles. The predicted octanol–water partition coefficient (Wildman–Crippen LogP) is 3.02. The molecule has 1 N–H and O–H groups in total. The third-order valence-corrected chi connectivity index (χ3v) is 2.92. The molecule has 3 nitrogen and oxygen atoms in total. The van der Waals surface area contributed by atoms with E-state index < -0.39 is 0 Å². The molecule has 1 heterocycles. The zero-order valence-electron chi connectivity index (χ0n) is 10.0. The van der Waals surface area contributed by atoms with Gasteiger partial charge in [-0.15, -0.1) is 0 Å². The highest BCUT2D eigenvalue weighted by Gasteiger charge is 2.08. The molecule has 0 unspecified atom stereocenters. The van der Waals surface area contributed by atoms with Gasteiger partial charge in [0.1, 0.15) is 0 Å². The first kappa shape index (κ1) is 12.1. The van der Waals surface area contributed by atoms with Crippen LogP contribution in [0.15, 0.2) is 36.9 Å². The fraction of sp³-hybridized carbons (Fsp3) is 0.308. The summed E-state index contributed by atoms with van der Waals surface area (Å²) < 4.78 is 1.98. The van der Waals surface area contributed by atoms with Crippen LogP contribution in [-0.2, 0) is 6.54 Å². The second-order valence-corrected chi connectivity index (χ2v) is 4.65. The standard InChI is InChI=1S/C13H16ClN3/c1-10(2)16-8-11-12(14)4-3-5-13(11)17-7-6-15-9-17/h3-7,9-10,16H,8H2,1-2H3. The van der Waals surface area contributed by atoms with Crippen molar-refractivity contribution in [1.82, 2.24) is 14.9 Å². The van der Waals surface area contributed by atoms with E-state index in [2.05, 4.69) is 24.1 Å². The van der Waals surface area contributed by atoms with Gasteiger partial charge < -0.3 is 9.88 Å². The minimum absolute atomic E-state index is 0.432. The first-order chi connectivity index (χ1) is 8.18. The molecule has 0 radical (unpaired) electrons. The van der Waals surface area contributed by atoms with Gasteiger partial charge >= 0.3 is 0 Å². The van der Waals surface area contributed by atoms with Crippen LogP contribution >= 0.6 is 11.6 Å². The van der Waals surface area contributed by atoms with Gasteiger partial charge in [0.2, 0.25) is 0 Å². The predicted molar refractivity (Wildman–Crippen MR) is 70.5 cm³/mol. The smallest absolute Gasteiger partial charge is 0.0991 e. The molecule has 0 aliphatic rings. The van der Waals surface area contributed by atoms with E-state index in [0.717, 1.165) is 22.8 Å². The molecular weight excluding hydrogens is 234 g/mol. The van der Waals surface area contributed by atoms with E-state index in [-0.39, 0.29) is 0 Å². The molecule has 2 aromatic rings. The van der Waals surface area contributed by atoms with Gasteiger partial charge in [0.05, 0.1) is 12.0 Å². The Hall–Kier alpha value is -1.32. The van der Waals surface area contributed by atoms with Crippen molar-refractivity contribution >= 4 is 11.6 Å². The average molecular weight is 250 g/mol. The molecule has 0 amide bonds. The van der Waals surface area contributed by atoms with E-state index >= 15 is 0 Å². The number of aromatic nitrogens is 2. The monoisotopic (exact) mass is 249 g/mol. The molecule has 0 saturated carbocycles. The van der Waals surface area contributed by atoms with Crippen molar-refractivity contribution in [3.8, 4) is 5.69 Å². The van der Waals surface area contributed by atoms with Crippen LogP contribution in [0.3, 0.4) is 0 Å². The second-order valence-electron chi connectivity index (χ2n) is 4.24. The number of hydrogen-bond donors (Lipinski definition) is 1. The van der Waals surface area contributed by atoms with Gasteiger partial charge in [-0.2, -0.15) is 0 Å². The zero-order chi connectivity index (χ0) is 12.3. The summed E-state index contributed by atoms with van der Waals surface area (Å²) in [4.78, 5) is 4.06. The molecule has 2 rings (SSSR count). The molecule has 0 aliphatic heterocycles. The molecule has 0 spiro atoms. The molecule has 0 fully saturated rings. The van der Waals surface area contributed by atoms with Crippen LogP contribution in [0.5, 0.6) is 0 Å². The number of nitrogens with zero attached hydrogens (tertiary/aromatic N) is 2. The second kappa shape index (κ2) is 5.34. The van der Waals surface area contributed by atoms with Crippen molar-refractivity contribution < 1.29 is 0 Å². The van der Waals surface area contributed by atoms with E-state index in [4.69, 9.17) is 11.6 Å². The van der Waals surface area contributed by atoms with Gasteiger partial charge in [0, 0.05) is 35.6 Å². The van der Waals surface area contributed by atoms with Crippen molar-refractivity contribution in [1.29, 1.82) is 0 Å². The Bertz CT molecular complexity index is 477. The summed E-state index contributed by atoms with van der Waals surface area (Å²) >= 11 is 6.26. The lowest BCUT2D eigenvalue weighted by molar-refractivity contribution is 0.587. The van der Waals surface area contributed by atoms with Crippen LogP contribution in [0.25, 0.3) is 5.69 Å². The SMILES string of the molecule is CC(C)NCc1c(Cl)cccc1-n1ccnc1. The summed E-state index contributed by atoms with van der Waals surface area (Å²) in [6.07, 6.45) is 5.47. The Labute approximate surface area is 106 Å². The van der Waals surface area contributed by atoms with E-state index in [1.807, 2.05) is 29.0 Å². The van der Waals surface area contributed by atoms with Crippen molar-refractivity contribution in [2.75, 3.05) is 0 Å². The van der Waals surface area contributed by atoms with Crippen molar-refractivity contribution in [2.24, 2.45) is 0 Å². The van der Waals surface area contributed by atoms with Gasteiger partial charge in [-0.05, 0) is 12.1 Å². The Morgan fingerprint density at radius 3 is 2.88 bits per heavy atom. The highest BCUT2D eigenvalue weighted by Crippen LogP contribution is 2.23. The Balaban J connectivity index is 2.35. The van der Waals surface area contributed by atoms with Crippen molar-refractivity contribution in [3.63, 3.8) is 0 Å². The Kier molecular flexibility index (Phi) is 3.82. The number of rotatable bonds is 4. The maximum absolute atomic E-state index is 6.26. The molecule has 1 aromatic carbocycles. The van der Waals surface area contributed by atoms with Crippen LogP contribution in [0.4, 0.5) is 0 Å². The molecule has 90 valence electrons. The largest absolute Gasteiger partial charge is 0.310 e. The topological polar surface area (TPSA) is 29.9 Å². The Morgan fingerprint density at radius 2 is 2.24 bits per heavy atom. The quantitative estimate of drug-likeness (QED) is 0.903. The minimum atomic E-state index is 0.432. The van der Waals surface area contributed by atoms with E-state index in [1.165, 1.54) is 0 Å². The number of nitrogens with one attached hydrogen (secondary N) is 1. The summed E-state index contributed by atoms with van der Waals surface area (Å²) in [6.45, 7) is 4.99. The van der Waals surface area contributed by atoms with E-state index in [9.17, 15) is 0 Å². The maximum Gasteiger partial charge on any atom is 0.0991 e. The molecule has 0 aliphatic carbocycles. The van der Waals surface area contributed by atoms with Crippen molar-refractivity contribution in [3.05, 3.63) is 47.5 Å².